The molecule has 1 aromatic heterocycles. The second-order valence-electron chi connectivity index (χ2n) is 6.05. The Kier molecular flexibility index (Phi) is 4.98. The third-order valence-corrected chi connectivity index (χ3v) is 5.43. The molecule has 2 aromatic rings. The molecule has 0 spiro atoms. The SMILES string of the molecule is CS(=O)(=O)c1ccc2ncnc(N3CCN(CCCO)CC3)c2c1. The van der Waals surface area contributed by atoms with Crippen molar-refractivity contribution in [1.29, 1.82) is 0 Å². The van der Waals surface area contributed by atoms with Crippen molar-refractivity contribution < 1.29 is 13.5 Å². The Labute approximate surface area is 141 Å². The number of piperazine rings is 1. The number of nitrogens with zero attached hydrogens (tertiary/aromatic N) is 4. The average molecular weight is 350 g/mol. The second-order valence-corrected chi connectivity index (χ2v) is 8.07. The molecular weight excluding hydrogens is 328 g/mol. The molecule has 0 amide bonds. The first-order chi connectivity index (χ1) is 11.5. The van der Waals surface area contributed by atoms with Gasteiger partial charge >= 0.3 is 0 Å². The maximum Gasteiger partial charge on any atom is 0.175 e. The summed E-state index contributed by atoms with van der Waals surface area (Å²) in [4.78, 5) is 13.4. The molecular formula is C16H22N4O3S. The highest BCUT2D eigenvalue weighted by atomic mass is 32.2. The van der Waals surface area contributed by atoms with Crippen LogP contribution in [0.2, 0.25) is 0 Å². The summed E-state index contributed by atoms with van der Waals surface area (Å²) in [6.45, 7) is 4.55. The van der Waals surface area contributed by atoms with Gasteiger partial charge in [-0.15, -0.1) is 0 Å². The van der Waals surface area contributed by atoms with E-state index in [0.717, 1.165) is 55.9 Å². The van der Waals surface area contributed by atoms with Crippen LogP contribution in [-0.4, -0.2) is 74.0 Å². The summed E-state index contributed by atoms with van der Waals surface area (Å²) in [6.07, 6.45) is 3.52. The van der Waals surface area contributed by atoms with Crippen LogP contribution in [0.5, 0.6) is 0 Å². The molecule has 1 N–H and O–H groups in total. The quantitative estimate of drug-likeness (QED) is 0.842. The summed E-state index contributed by atoms with van der Waals surface area (Å²) in [5.41, 5.74) is 0.745. The molecule has 1 saturated heterocycles. The molecule has 1 fully saturated rings. The van der Waals surface area contributed by atoms with Gasteiger partial charge in [-0.25, -0.2) is 18.4 Å². The number of benzene rings is 1. The number of rotatable bonds is 5. The summed E-state index contributed by atoms with van der Waals surface area (Å²) >= 11 is 0. The molecule has 1 aliphatic rings. The van der Waals surface area contributed by atoms with Crippen molar-refractivity contribution in [1.82, 2.24) is 14.9 Å². The van der Waals surface area contributed by atoms with E-state index in [1.165, 1.54) is 12.6 Å². The van der Waals surface area contributed by atoms with Crippen molar-refractivity contribution >= 4 is 26.6 Å². The van der Waals surface area contributed by atoms with Gasteiger partial charge in [0, 0.05) is 51.0 Å². The van der Waals surface area contributed by atoms with Gasteiger partial charge in [-0.3, -0.25) is 4.90 Å². The van der Waals surface area contributed by atoms with Gasteiger partial charge in [0.15, 0.2) is 9.84 Å². The summed E-state index contributed by atoms with van der Waals surface area (Å²) in [5.74, 6) is 0.785. The molecule has 0 radical (unpaired) electrons. The zero-order valence-corrected chi connectivity index (χ0v) is 14.5. The second kappa shape index (κ2) is 7.00. The fraction of sp³-hybridized carbons (Fsp3) is 0.500. The van der Waals surface area contributed by atoms with Gasteiger partial charge < -0.3 is 10.0 Å². The van der Waals surface area contributed by atoms with Crippen LogP contribution >= 0.6 is 0 Å². The predicted octanol–water partition coefficient (Wildman–Crippen LogP) is 0.538. The number of aliphatic hydroxyl groups is 1. The van der Waals surface area contributed by atoms with Crippen molar-refractivity contribution in [3.8, 4) is 0 Å². The highest BCUT2D eigenvalue weighted by Crippen LogP contribution is 2.26. The van der Waals surface area contributed by atoms with Crippen molar-refractivity contribution in [3.63, 3.8) is 0 Å². The van der Waals surface area contributed by atoms with Crippen molar-refractivity contribution in [2.45, 2.75) is 11.3 Å². The van der Waals surface area contributed by atoms with E-state index in [-0.39, 0.29) is 11.5 Å². The lowest BCUT2D eigenvalue weighted by molar-refractivity contribution is 0.216. The lowest BCUT2D eigenvalue weighted by atomic mass is 10.2. The minimum absolute atomic E-state index is 0.213. The van der Waals surface area contributed by atoms with Crippen LogP contribution in [0.15, 0.2) is 29.4 Å². The van der Waals surface area contributed by atoms with Gasteiger partial charge in [0.05, 0.1) is 10.4 Å². The average Bonchev–Trinajstić information content (AvgIpc) is 2.58. The van der Waals surface area contributed by atoms with Gasteiger partial charge in [-0.2, -0.15) is 0 Å². The Morgan fingerprint density at radius 1 is 1.17 bits per heavy atom. The van der Waals surface area contributed by atoms with Crippen LogP contribution in [0.25, 0.3) is 10.9 Å². The van der Waals surface area contributed by atoms with E-state index in [9.17, 15) is 8.42 Å². The third kappa shape index (κ3) is 3.66. The minimum atomic E-state index is -3.27. The molecule has 130 valence electrons. The Morgan fingerprint density at radius 2 is 1.92 bits per heavy atom. The number of anilines is 1. The smallest absolute Gasteiger partial charge is 0.175 e. The van der Waals surface area contributed by atoms with Gasteiger partial charge in [-0.1, -0.05) is 0 Å². The minimum Gasteiger partial charge on any atom is -0.396 e. The third-order valence-electron chi connectivity index (χ3n) is 4.32. The van der Waals surface area contributed by atoms with Gasteiger partial charge in [0.25, 0.3) is 0 Å². The first-order valence-electron chi connectivity index (χ1n) is 8.02. The lowest BCUT2D eigenvalue weighted by Crippen LogP contribution is -2.47. The Hall–Kier alpha value is -1.77. The maximum atomic E-state index is 11.8. The molecule has 0 bridgehead atoms. The molecule has 1 aliphatic heterocycles. The summed E-state index contributed by atoms with van der Waals surface area (Å²) in [7, 11) is -3.27. The van der Waals surface area contributed by atoms with E-state index >= 15 is 0 Å². The van der Waals surface area contributed by atoms with E-state index in [1.807, 2.05) is 0 Å². The lowest BCUT2D eigenvalue weighted by Gasteiger charge is -2.35. The van der Waals surface area contributed by atoms with Crippen LogP contribution in [0, 0.1) is 0 Å². The summed E-state index contributed by atoms with van der Waals surface area (Å²) < 4.78 is 23.7. The van der Waals surface area contributed by atoms with Crippen molar-refractivity contribution in [2.24, 2.45) is 0 Å². The van der Waals surface area contributed by atoms with Gasteiger partial charge in [0.1, 0.15) is 12.1 Å². The van der Waals surface area contributed by atoms with Crippen molar-refractivity contribution in [3.05, 3.63) is 24.5 Å². The van der Waals surface area contributed by atoms with Gasteiger partial charge in [0.2, 0.25) is 0 Å². The Morgan fingerprint density at radius 3 is 2.58 bits per heavy atom. The van der Waals surface area contributed by atoms with Crippen LogP contribution in [-0.2, 0) is 9.84 Å². The molecule has 0 atom stereocenters. The predicted molar refractivity (Wildman–Crippen MR) is 93.0 cm³/mol. The molecule has 1 aromatic carbocycles. The zero-order chi connectivity index (χ0) is 17.2. The molecule has 3 rings (SSSR count). The summed E-state index contributed by atoms with van der Waals surface area (Å²) in [5, 5.41) is 9.70. The van der Waals surface area contributed by atoms with E-state index in [4.69, 9.17) is 5.11 Å². The molecule has 2 heterocycles. The molecule has 0 unspecified atom stereocenters. The van der Waals surface area contributed by atoms with Crippen LogP contribution < -0.4 is 4.90 Å². The maximum absolute atomic E-state index is 11.8. The molecule has 0 saturated carbocycles. The normalized spacial score (nSPS) is 16.7. The first kappa shape index (κ1) is 17.1. The Bertz CT molecular complexity index is 817. The molecule has 8 heteroatoms. The highest BCUT2D eigenvalue weighted by Gasteiger charge is 2.20. The first-order valence-corrected chi connectivity index (χ1v) is 9.91. The zero-order valence-electron chi connectivity index (χ0n) is 13.7. The highest BCUT2D eigenvalue weighted by molar-refractivity contribution is 7.90. The van der Waals surface area contributed by atoms with E-state index < -0.39 is 9.84 Å². The number of fused-ring (bicyclic) bond motifs is 1. The molecule has 7 nitrogen and oxygen atoms in total. The number of aromatic nitrogens is 2. The van der Waals surface area contributed by atoms with Gasteiger partial charge in [-0.05, 0) is 24.6 Å². The topological polar surface area (TPSA) is 86.6 Å². The summed E-state index contributed by atoms with van der Waals surface area (Å²) in [6, 6.07) is 4.98. The fourth-order valence-corrected chi connectivity index (χ4v) is 3.63. The fourth-order valence-electron chi connectivity index (χ4n) is 2.98. The molecule has 0 aliphatic carbocycles. The van der Waals surface area contributed by atoms with E-state index in [0.29, 0.717) is 0 Å². The number of hydrogen-bond donors (Lipinski definition) is 1. The van der Waals surface area contributed by atoms with Crippen LogP contribution in [0.3, 0.4) is 0 Å². The number of sulfone groups is 1. The number of aliphatic hydroxyl groups excluding tert-OH is 1. The van der Waals surface area contributed by atoms with Crippen molar-refractivity contribution in [2.75, 3.05) is 50.5 Å². The Balaban J connectivity index is 1.87. The van der Waals surface area contributed by atoms with E-state index in [1.54, 1.807) is 18.2 Å². The van der Waals surface area contributed by atoms with E-state index in [2.05, 4.69) is 19.8 Å². The standard InChI is InChI=1S/C16H22N4O3S/c1-24(22,23)13-3-4-15-14(11-13)16(18-12-17-15)20-8-6-19(7-9-20)5-2-10-21/h3-4,11-12,21H,2,5-10H2,1H3. The van der Waals surface area contributed by atoms with Crippen LogP contribution in [0.1, 0.15) is 6.42 Å². The molecule has 24 heavy (non-hydrogen) atoms. The largest absolute Gasteiger partial charge is 0.396 e. The monoisotopic (exact) mass is 350 g/mol. The number of hydrogen-bond acceptors (Lipinski definition) is 7. The van der Waals surface area contributed by atoms with Crippen LogP contribution in [0.4, 0.5) is 5.82 Å².